The molecule has 0 aliphatic rings. The Morgan fingerprint density at radius 2 is 2.23 bits per heavy atom. The van der Waals surface area contributed by atoms with Gasteiger partial charge < -0.3 is 10.2 Å². The fraction of sp³-hybridized carbons (Fsp3) is 0.200. The molecule has 0 saturated heterocycles. The second-order valence-corrected chi connectivity index (χ2v) is 4.19. The Balaban J connectivity index is 2.58. The van der Waals surface area contributed by atoms with Crippen LogP contribution in [-0.2, 0) is 6.42 Å². The van der Waals surface area contributed by atoms with Gasteiger partial charge in [-0.25, -0.2) is 0 Å². The lowest BCUT2D eigenvalue weighted by Crippen LogP contribution is -2.01. The fourth-order valence-corrected chi connectivity index (χ4v) is 1.89. The number of fused-ring (bicyclic) bond motifs is 1. The highest BCUT2D eigenvalue weighted by Crippen LogP contribution is 2.23. The maximum Gasteiger partial charge on any atom is 0.134 e. The first-order chi connectivity index (χ1) is 6.31. The number of benzene rings is 1. The number of hydrogen-bond acceptors (Lipinski definition) is 2. The second kappa shape index (κ2) is 3.67. The van der Waals surface area contributed by atoms with Crippen LogP contribution in [0.1, 0.15) is 5.56 Å². The maximum atomic E-state index is 5.51. The molecular weight excluding hydrogens is 277 g/mol. The Morgan fingerprint density at radius 3 is 3.00 bits per heavy atom. The van der Waals surface area contributed by atoms with Gasteiger partial charge in [0.2, 0.25) is 0 Å². The van der Waals surface area contributed by atoms with E-state index in [1.165, 1.54) is 14.5 Å². The van der Waals surface area contributed by atoms with Gasteiger partial charge in [0.1, 0.15) is 5.58 Å². The van der Waals surface area contributed by atoms with Crippen molar-refractivity contribution < 1.29 is 4.42 Å². The van der Waals surface area contributed by atoms with E-state index in [1.807, 2.05) is 12.1 Å². The molecule has 0 aliphatic heterocycles. The summed E-state index contributed by atoms with van der Waals surface area (Å²) in [5, 5.41) is 1.19. The molecule has 2 rings (SSSR count). The van der Waals surface area contributed by atoms with Crippen molar-refractivity contribution in [2.24, 2.45) is 5.73 Å². The molecule has 0 fully saturated rings. The van der Waals surface area contributed by atoms with Crippen LogP contribution in [0.5, 0.6) is 0 Å². The van der Waals surface area contributed by atoms with Crippen molar-refractivity contribution >= 4 is 33.6 Å². The highest BCUT2D eigenvalue weighted by atomic mass is 127. The molecule has 0 aliphatic carbocycles. The van der Waals surface area contributed by atoms with Crippen LogP contribution in [0.3, 0.4) is 0 Å². The van der Waals surface area contributed by atoms with Crippen molar-refractivity contribution in [3.05, 3.63) is 33.6 Å². The van der Waals surface area contributed by atoms with Crippen molar-refractivity contribution in [3.63, 3.8) is 0 Å². The minimum absolute atomic E-state index is 0.667. The Labute approximate surface area is 90.2 Å². The number of furan rings is 1. The molecule has 0 radical (unpaired) electrons. The lowest BCUT2D eigenvalue weighted by Gasteiger charge is -1.94. The van der Waals surface area contributed by atoms with E-state index in [4.69, 9.17) is 10.2 Å². The Hall–Kier alpha value is -0.550. The van der Waals surface area contributed by atoms with Crippen LogP contribution in [0.25, 0.3) is 11.0 Å². The van der Waals surface area contributed by atoms with Gasteiger partial charge in [-0.1, -0.05) is 0 Å². The second-order valence-electron chi connectivity index (χ2n) is 2.94. The van der Waals surface area contributed by atoms with E-state index < -0.39 is 0 Å². The Morgan fingerprint density at radius 1 is 1.38 bits per heavy atom. The zero-order chi connectivity index (χ0) is 9.26. The van der Waals surface area contributed by atoms with Gasteiger partial charge in [-0.05, 0) is 59.3 Å². The standard InChI is InChI=1S/C10H10INO/c11-8-1-2-10-9(5-8)7(3-4-12)6-13-10/h1-2,5-6H,3-4,12H2. The van der Waals surface area contributed by atoms with E-state index in [-0.39, 0.29) is 0 Å². The average molecular weight is 287 g/mol. The molecule has 1 aromatic heterocycles. The third-order valence-electron chi connectivity index (χ3n) is 2.03. The van der Waals surface area contributed by atoms with Crippen LogP contribution >= 0.6 is 22.6 Å². The molecule has 0 bridgehead atoms. The number of halogens is 1. The van der Waals surface area contributed by atoms with Gasteiger partial charge in [0.25, 0.3) is 0 Å². The van der Waals surface area contributed by atoms with Gasteiger partial charge in [-0.2, -0.15) is 0 Å². The fourth-order valence-electron chi connectivity index (χ4n) is 1.40. The minimum Gasteiger partial charge on any atom is -0.464 e. The predicted octanol–water partition coefficient (Wildman–Crippen LogP) is 2.54. The van der Waals surface area contributed by atoms with Gasteiger partial charge in [0, 0.05) is 8.96 Å². The van der Waals surface area contributed by atoms with Crippen molar-refractivity contribution in [3.8, 4) is 0 Å². The lowest BCUT2D eigenvalue weighted by atomic mass is 10.1. The topological polar surface area (TPSA) is 39.2 Å². The molecule has 2 nitrogen and oxygen atoms in total. The predicted molar refractivity (Wildman–Crippen MR) is 61.7 cm³/mol. The summed E-state index contributed by atoms with van der Waals surface area (Å²) in [6.07, 6.45) is 2.68. The largest absolute Gasteiger partial charge is 0.464 e. The number of hydrogen-bond donors (Lipinski definition) is 1. The third kappa shape index (κ3) is 1.71. The van der Waals surface area contributed by atoms with Crippen LogP contribution in [0.15, 0.2) is 28.9 Å². The number of nitrogens with two attached hydrogens (primary N) is 1. The van der Waals surface area contributed by atoms with E-state index in [9.17, 15) is 0 Å². The van der Waals surface area contributed by atoms with Crippen LogP contribution in [0, 0.1) is 3.57 Å². The minimum atomic E-state index is 0.667. The SMILES string of the molecule is NCCc1coc2ccc(I)cc12. The molecule has 0 saturated carbocycles. The smallest absolute Gasteiger partial charge is 0.134 e. The van der Waals surface area contributed by atoms with Gasteiger partial charge >= 0.3 is 0 Å². The first-order valence-corrected chi connectivity index (χ1v) is 5.25. The maximum absolute atomic E-state index is 5.51. The van der Waals surface area contributed by atoms with Gasteiger partial charge in [-0.3, -0.25) is 0 Å². The van der Waals surface area contributed by atoms with Crippen LogP contribution in [0.4, 0.5) is 0 Å². The molecule has 2 N–H and O–H groups in total. The summed E-state index contributed by atoms with van der Waals surface area (Å²) in [5.74, 6) is 0. The molecule has 2 aromatic rings. The third-order valence-corrected chi connectivity index (χ3v) is 2.70. The summed E-state index contributed by atoms with van der Waals surface area (Å²) in [4.78, 5) is 0. The van der Waals surface area contributed by atoms with Gasteiger partial charge in [0.05, 0.1) is 6.26 Å². The van der Waals surface area contributed by atoms with E-state index in [0.29, 0.717) is 6.54 Å². The normalized spacial score (nSPS) is 10.9. The number of rotatable bonds is 2. The average Bonchev–Trinajstić information content (AvgIpc) is 2.49. The molecule has 3 heteroatoms. The highest BCUT2D eigenvalue weighted by Gasteiger charge is 2.04. The van der Waals surface area contributed by atoms with Crippen molar-refractivity contribution in [2.45, 2.75) is 6.42 Å². The highest BCUT2D eigenvalue weighted by molar-refractivity contribution is 14.1. The van der Waals surface area contributed by atoms with E-state index in [0.717, 1.165) is 12.0 Å². The first kappa shape index (κ1) is 9.02. The first-order valence-electron chi connectivity index (χ1n) is 4.17. The molecule has 68 valence electrons. The summed E-state index contributed by atoms with van der Waals surface area (Å²) < 4.78 is 6.62. The van der Waals surface area contributed by atoms with E-state index >= 15 is 0 Å². The van der Waals surface area contributed by atoms with Crippen LogP contribution in [0.2, 0.25) is 0 Å². The van der Waals surface area contributed by atoms with Crippen molar-refractivity contribution in [1.29, 1.82) is 0 Å². The van der Waals surface area contributed by atoms with E-state index in [2.05, 4.69) is 28.7 Å². The van der Waals surface area contributed by atoms with Crippen LogP contribution < -0.4 is 5.73 Å². The van der Waals surface area contributed by atoms with Crippen LogP contribution in [-0.4, -0.2) is 6.54 Å². The lowest BCUT2D eigenvalue weighted by molar-refractivity contribution is 0.610. The summed E-state index contributed by atoms with van der Waals surface area (Å²) >= 11 is 2.30. The van der Waals surface area contributed by atoms with E-state index in [1.54, 1.807) is 6.26 Å². The zero-order valence-corrected chi connectivity index (χ0v) is 9.24. The quantitative estimate of drug-likeness (QED) is 0.862. The molecular formula is C10H10INO. The van der Waals surface area contributed by atoms with Gasteiger partial charge in [-0.15, -0.1) is 0 Å². The molecule has 0 atom stereocenters. The Bertz CT molecular complexity index is 422. The molecule has 1 heterocycles. The van der Waals surface area contributed by atoms with Crippen molar-refractivity contribution in [1.82, 2.24) is 0 Å². The van der Waals surface area contributed by atoms with Crippen molar-refractivity contribution in [2.75, 3.05) is 6.54 Å². The molecule has 1 aromatic carbocycles. The summed E-state index contributed by atoms with van der Waals surface area (Å²) in [7, 11) is 0. The Kier molecular flexibility index (Phi) is 2.55. The molecule has 0 amide bonds. The van der Waals surface area contributed by atoms with Gasteiger partial charge in [0.15, 0.2) is 0 Å². The summed E-state index contributed by atoms with van der Waals surface area (Å²) in [6, 6.07) is 6.17. The molecule has 0 spiro atoms. The molecule has 13 heavy (non-hydrogen) atoms. The molecule has 0 unspecified atom stereocenters. The zero-order valence-electron chi connectivity index (χ0n) is 7.09. The summed E-state index contributed by atoms with van der Waals surface area (Å²) in [6.45, 7) is 0.667. The monoisotopic (exact) mass is 287 g/mol. The summed E-state index contributed by atoms with van der Waals surface area (Å²) in [5.41, 5.74) is 7.66.